The SMILES string of the molecule is CN(C)CCNS(=O)(=O)c1cc(N)cc(Br)c1F. The lowest BCUT2D eigenvalue weighted by Crippen LogP contribution is -2.32. The highest BCUT2D eigenvalue weighted by Gasteiger charge is 2.21. The van der Waals surface area contributed by atoms with Crippen LogP contribution < -0.4 is 10.5 Å². The van der Waals surface area contributed by atoms with Crippen molar-refractivity contribution in [3.8, 4) is 0 Å². The van der Waals surface area contributed by atoms with Crippen molar-refractivity contribution in [3.05, 3.63) is 22.4 Å². The second kappa shape index (κ2) is 5.96. The zero-order chi connectivity index (χ0) is 13.9. The molecule has 0 atom stereocenters. The number of hydrogen-bond donors (Lipinski definition) is 2. The van der Waals surface area contributed by atoms with Crippen LogP contribution >= 0.6 is 15.9 Å². The van der Waals surface area contributed by atoms with Crippen LogP contribution in [0.2, 0.25) is 0 Å². The number of nitrogen functional groups attached to an aromatic ring is 1. The summed E-state index contributed by atoms with van der Waals surface area (Å²) >= 11 is 2.93. The topological polar surface area (TPSA) is 75.4 Å². The van der Waals surface area contributed by atoms with Crippen molar-refractivity contribution in [2.45, 2.75) is 4.90 Å². The molecule has 0 fully saturated rings. The van der Waals surface area contributed by atoms with Gasteiger partial charge in [-0.25, -0.2) is 17.5 Å². The third-order valence-corrected chi connectivity index (χ3v) is 4.20. The van der Waals surface area contributed by atoms with E-state index in [0.717, 1.165) is 6.07 Å². The fourth-order valence-corrected chi connectivity index (χ4v) is 3.02. The van der Waals surface area contributed by atoms with Gasteiger partial charge in [0.05, 0.1) is 4.47 Å². The minimum Gasteiger partial charge on any atom is -0.399 e. The summed E-state index contributed by atoms with van der Waals surface area (Å²) in [5, 5.41) is 0. The van der Waals surface area contributed by atoms with E-state index in [1.54, 1.807) is 0 Å². The molecule has 0 radical (unpaired) electrons. The fraction of sp³-hybridized carbons (Fsp3) is 0.400. The molecule has 0 saturated carbocycles. The summed E-state index contributed by atoms with van der Waals surface area (Å²) < 4.78 is 39.9. The van der Waals surface area contributed by atoms with Gasteiger partial charge in [0, 0.05) is 18.8 Å². The Bertz CT molecular complexity index is 534. The first kappa shape index (κ1) is 15.4. The van der Waals surface area contributed by atoms with Crippen molar-refractivity contribution in [1.82, 2.24) is 9.62 Å². The summed E-state index contributed by atoms with van der Waals surface area (Å²) in [4.78, 5) is 1.36. The predicted octanol–water partition coefficient (Wildman–Crippen LogP) is 1.01. The maximum Gasteiger partial charge on any atom is 0.243 e. The number of likely N-dealkylation sites (N-methyl/N-ethyl adjacent to an activating group) is 1. The van der Waals surface area contributed by atoms with E-state index in [9.17, 15) is 12.8 Å². The quantitative estimate of drug-likeness (QED) is 0.785. The molecule has 0 unspecified atom stereocenters. The molecule has 0 aliphatic carbocycles. The van der Waals surface area contributed by atoms with Crippen LogP contribution in [-0.2, 0) is 10.0 Å². The Morgan fingerprint density at radius 2 is 2.06 bits per heavy atom. The number of anilines is 1. The lowest BCUT2D eigenvalue weighted by atomic mass is 10.3. The van der Waals surface area contributed by atoms with E-state index in [2.05, 4.69) is 20.7 Å². The van der Waals surface area contributed by atoms with E-state index in [1.807, 2.05) is 19.0 Å². The monoisotopic (exact) mass is 339 g/mol. The fourth-order valence-electron chi connectivity index (χ4n) is 1.26. The highest BCUT2D eigenvalue weighted by Crippen LogP contribution is 2.25. The van der Waals surface area contributed by atoms with E-state index in [0.29, 0.717) is 6.54 Å². The second-order valence-corrected chi connectivity index (χ2v) is 6.61. The van der Waals surface area contributed by atoms with Gasteiger partial charge in [-0.05, 0) is 42.2 Å². The first-order valence-corrected chi connectivity index (χ1v) is 7.40. The highest BCUT2D eigenvalue weighted by molar-refractivity contribution is 9.10. The number of nitrogens with one attached hydrogen (secondary N) is 1. The number of nitrogens with two attached hydrogens (primary N) is 1. The Morgan fingerprint density at radius 1 is 1.44 bits per heavy atom. The molecule has 102 valence electrons. The molecule has 0 aliphatic heterocycles. The lowest BCUT2D eigenvalue weighted by molar-refractivity contribution is 0.412. The van der Waals surface area contributed by atoms with Crippen molar-refractivity contribution in [1.29, 1.82) is 0 Å². The number of sulfonamides is 1. The van der Waals surface area contributed by atoms with E-state index < -0.39 is 20.7 Å². The van der Waals surface area contributed by atoms with Crippen molar-refractivity contribution in [2.24, 2.45) is 0 Å². The van der Waals surface area contributed by atoms with Crippen LogP contribution in [0.4, 0.5) is 10.1 Å². The Balaban J connectivity index is 2.98. The van der Waals surface area contributed by atoms with Crippen molar-refractivity contribution >= 4 is 31.6 Å². The van der Waals surface area contributed by atoms with Gasteiger partial charge in [-0.3, -0.25) is 0 Å². The first-order valence-electron chi connectivity index (χ1n) is 5.13. The van der Waals surface area contributed by atoms with Gasteiger partial charge in [0.25, 0.3) is 0 Å². The molecule has 1 rings (SSSR count). The van der Waals surface area contributed by atoms with Gasteiger partial charge in [-0.1, -0.05) is 0 Å². The zero-order valence-electron chi connectivity index (χ0n) is 10.1. The molecule has 5 nitrogen and oxygen atoms in total. The summed E-state index contributed by atoms with van der Waals surface area (Å²) in [6, 6.07) is 2.41. The average molecular weight is 340 g/mol. The molecule has 0 aromatic heterocycles. The standard InChI is InChI=1S/C10H15BrFN3O2S/c1-15(2)4-3-14-18(16,17)9-6-7(13)5-8(11)10(9)12/h5-6,14H,3-4,13H2,1-2H3. The number of benzene rings is 1. The maximum absolute atomic E-state index is 13.7. The predicted molar refractivity (Wildman–Crippen MR) is 72.3 cm³/mol. The molecule has 0 heterocycles. The maximum atomic E-state index is 13.7. The minimum atomic E-state index is -3.89. The van der Waals surface area contributed by atoms with Crippen LogP contribution in [0.3, 0.4) is 0 Å². The molecular weight excluding hydrogens is 325 g/mol. The Kier molecular flexibility index (Phi) is 5.09. The molecule has 0 amide bonds. The summed E-state index contributed by atoms with van der Waals surface area (Å²) in [7, 11) is -0.270. The molecular formula is C10H15BrFN3O2S. The molecule has 0 saturated heterocycles. The molecule has 0 aliphatic rings. The molecule has 0 spiro atoms. The van der Waals surface area contributed by atoms with Gasteiger partial charge < -0.3 is 10.6 Å². The number of rotatable bonds is 5. The van der Waals surface area contributed by atoms with Gasteiger partial charge in [-0.2, -0.15) is 0 Å². The largest absolute Gasteiger partial charge is 0.399 e. The van der Waals surface area contributed by atoms with E-state index in [4.69, 9.17) is 5.73 Å². The summed E-state index contributed by atoms with van der Waals surface area (Å²) in [5.41, 5.74) is 5.68. The van der Waals surface area contributed by atoms with Crippen LogP contribution in [-0.4, -0.2) is 40.5 Å². The molecule has 1 aromatic carbocycles. The summed E-state index contributed by atoms with van der Waals surface area (Å²) in [5.74, 6) is -0.846. The Labute approximate surface area is 114 Å². The van der Waals surface area contributed by atoms with Crippen molar-refractivity contribution in [2.75, 3.05) is 32.9 Å². The van der Waals surface area contributed by atoms with Crippen LogP contribution in [0.1, 0.15) is 0 Å². The molecule has 0 bridgehead atoms. The zero-order valence-corrected chi connectivity index (χ0v) is 12.5. The number of hydrogen-bond acceptors (Lipinski definition) is 4. The Morgan fingerprint density at radius 3 is 2.61 bits per heavy atom. The van der Waals surface area contributed by atoms with Crippen LogP contribution in [0, 0.1) is 5.82 Å². The summed E-state index contributed by atoms with van der Waals surface area (Å²) in [6.45, 7) is 0.714. The van der Waals surface area contributed by atoms with Crippen LogP contribution in [0.15, 0.2) is 21.5 Å². The normalized spacial score (nSPS) is 12.1. The van der Waals surface area contributed by atoms with Crippen LogP contribution in [0.5, 0.6) is 0 Å². The molecule has 8 heteroatoms. The van der Waals surface area contributed by atoms with Crippen molar-refractivity contribution in [3.63, 3.8) is 0 Å². The van der Waals surface area contributed by atoms with Crippen molar-refractivity contribution < 1.29 is 12.8 Å². The van der Waals surface area contributed by atoms with Crippen LogP contribution in [0.25, 0.3) is 0 Å². The van der Waals surface area contributed by atoms with E-state index >= 15 is 0 Å². The van der Waals surface area contributed by atoms with Gasteiger partial charge in [0.2, 0.25) is 10.0 Å². The van der Waals surface area contributed by atoms with Gasteiger partial charge >= 0.3 is 0 Å². The third kappa shape index (κ3) is 3.91. The summed E-state index contributed by atoms with van der Waals surface area (Å²) in [6.07, 6.45) is 0. The van der Waals surface area contributed by atoms with E-state index in [-0.39, 0.29) is 16.7 Å². The number of nitrogens with zero attached hydrogens (tertiary/aromatic N) is 1. The van der Waals surface area contributed by atoms with Gasteiger partial charge in [-0.15, -0.1) is 0 Å². The molecule has 1 aromatic rings. The minimum absolute atomic E-state index is 0.0236. The van der Waals surface area contributed by atoms with Gasteiger partial charge in [0.1, 0.15) is 4.90 Å². The number of halogens is 2. The molecule has 3 N–H and O–H groups in total. The molecule has 18 heavy (non-hydrogen) atoms. The average Bonchev–Trinajstić information content (AvgIpc) is 2.22. The smallest absolute Gasteiger partial charge is 0.243 e. The highest BCUT2D eigenvalue weighted by atomic mass is 79.9. The third-order valence-electron chi connectivity index (χ3n) is 2.16. The van der Waals surface area contributed by atoms with E-state index in [1.165, 1.54) is 6.07 Å². The van der Waals surface area contributed by atoms with Gasteiger partial charge in [0.15, 0.2) is 5.82 Å². The Hall–Kier alpha value is -0.700. The second-order valence-electron chi connectivity index (χ2n) is 4.02. The lowest BCUT2D eigenvalue weighted by Gasteiger charge is -2.12. The first-order chi connectivity index (χ1) is 8.24.